The van der Waals surface area contributed by atoms with Crippen LogP contribution in [0.15, 0.2) is 102 Å². The first-order valence-corrected chi connectivity index (χ1v) is 27.0. The zero-order valence-corrected chi connectivity index (χ0v) is 43.1. The van der Waals surface area contributed by atoms with Crippen molar-refractivity contribution in [2.75, 3.05) is 52.7 Å². The Labute approximate surface area is 433 Å². The predicted octanol–water partition coefficient (Wildman–Crippen LogP) is 10.6. The first-order chi connectivity index (χ1) is 35.8. The van der Waals surface area contributed by atoms with Gasteiger partial charge < -0.3 is 49.3 Å². The van der Waals surface area contributed by atoms with E-state index in [1.165, 1.54) is 44.9 Å². The zero-order valence-electron chi connectivity index (χ0n) is 43.1. The van der Waals surface area contributed by atoms with Gasteiger partial charge in [0.15, 0.2) is 0 Å². The molecule has 14 heteroatoms. The van der Waals surface area contributed by atoms with E-state index in [2.05, 4.69) is 31.0 Å². The van der Waals surface area contributed by atoms with Crippen LogP contribution in [0, 0.1) is 29.1 Å². The zero-order chi connectivity index (χ0) is 51.7. The third kappa shape index (κ3) is 15.7. The smallest absolute Gasteiger partial charge is 0.412 e. The second-order valence-corrected chi connectivity index (χ2v) is 19.6. The second kappa shape index (κ2) is 30.6. The van der Waals surface area contributed by atoms with Crippen molar-refractivity contribution < 1.29 is 48.7 Å². The van der Waals surface area contributed by atoms with E-state index in [1.54, 1.807) is 41.3 Å². The van der Waals surface area contributed by atoms with Gasteiger partial charge in [-0.1, -0.05) is 125 Å². The molecule has 6 rings (SSSR count). The van der Waals surface area contributed by atoms with Gasteiger partial charge in [-0.15, -0.1) is 6.58 Å². The van der Waals surface area contributed by atoms with Crippen molar-refractivity contribution in [3.05, 3.63) is 119 Å². The molecule has 2 amide bonds. The summed E-state index contributed by atoms with van der Waals surface area (Å²) < 4.78 is 26.4. The minimum absolute atomic E-state index is 0.0161. The Morgan fingerprint density at radius 2 is 1.59 bits per heavy atom. The molecule has 0 aromatic heterocycles. The number of hydrogen-bond donors (Lipinski definition) is 4. The molecule has 0 bridgehead atoms. The number of carbonyl (C=O) groups excluding carboxylic acids is 2. The highest BCUT2D eigenvalue weighted by Gasteiger charge is 2.65. The quantitative estimate of drug-likeness (QED) is 0.0258. The molecule has 1 saturated carbocycles. The number of nitrogens with zero attached hydrogens (tertiary/aromatic N) is 3. The highest BCUT2D eigenvalue weighted by molar-refractivity contribution is 6.03. The molecular weight excluding hydrogens is 925 g/mol. The number of allylic oxidation sites excluding steroid dienone is 1. The van der Waals surface area contributed by atoms with Crippen molar-refractivity contribution in [3.8, 4) is 17.6 Å². The van der Waals surface area contributed by atoms with Crippen molar-refractivity contribution in [1.29, 1.82) is 5.26 Å². The van der Waals surface area contributed by atoms with E-state index < -0.39 is 23.8 Å². The van der Waals surface area contributed by atoms with E-state index in [-0.39, 0.29) is 82.9 Å². The van der Waals surface area contributed by atoms with Crippen molar-refractivity contribution in [3.63, 3.8) is 0 Å². The summed E-state index contributed by atoms with van der Waals surface area (Å²) in [6.07, 6.45) is 19.7. The number of ether oxygens (including phenoxy) is 4. The lowest BCUT2D eigenvalue weighted by Crippen LogP contribution is -2.70. The maximum Gasteiger partial charge on any atom is 0.412 e. The summed E-state index contributed by atoms with van der Waals surface area (Å²) in [5.74, 6) is -2.08. The number of nitrogens with one attached hydrogen (secondary N) is 1. The molecule has 0 spiro atoms. The van der Waals surface area contributed by atoms with Gasteiger partial charge in [0, 0.05) is 49.8 Å². The van der Waals surface area contributed by atoms with Crippen LogP contribution < -0.4 is 14.8 Å². The Bertz CT molecular complexity index is 2260. The number of carbonyl (C=O) groups is 2. The van der Waals surface area contributed by atoms with Crippen LogP contribution in [0.4, 0.5) is 4.79 Å². The normalized spacial score (nSPS) is 21.2. The Morgan fingerprint density at radius 1 is 0.877 bits per heavy atom. The highest BCUT2D eigenvalue weighted by Crippen LogP contribution is 2.62. The molecule has 4 N–H and O–H groups in total. The summed E-state index contributed by atoms with van der Waals surface area (Å²) in [4.78, 5) is 36.6. The van der Waals surface area contributed by atoms with Crippen LogP contribution in [0.5, 0.6) is 11.5 Å². The number of fused-ring (bicyclic) bond motifs is 2. The van der Waals surface area contributed by atoms with Gasteiger partial charge in [-0.25, -0.2) is 4.79 Å². The number of rotatable bonds is 33. The van der Waals surface area contributed by atoms with E-state index in [9.17, 15) is 25.4 Å². The average Bonchev–Trinajstić information content (AvgIpc) is 3.41. The summed E-state index contributed by atoms with van der Waals surface area (Å²) in [7, 11) is 0. The number of unbranched alkanes of at least 4 members (excludes halogenated alkanes) is 11. The molecule has 1 fully saturated rings. The van der Waals surface area contributed by atoms with Crippen LogP contribution in [-0.4, -0.2) is 102 Å². The fraction of sp³-hybridized carbons (Fsp3) is 0.559. The maximum absolute atomic E-state index is 15.2. The van der Waals surface area contributed by atoms with Crippen LogP contribution in [0.2, 0.25) is 0 Å². The standard InChI is InChI=1S/C59H80N4O10/c1-3-5-6-7-8-9-10-11-12-18-31-61-58(68)72-48-29-30-53-51(40-48)55-49(24-17-20-34-65)47(23-16-19-33-64)39-50-52(62-71-43-45-21-14-13-15-22-45)41-54(59(73-53,56(50)55)70-36-4-2)63(32-37-69-38-35-66)57(67)46-27-25-44(42-60)26-28-46/h4,13-15,21-22,25-30,39-40,47,49,54-56,64-66H,2-3,5-12,16-20,23-24,31-38,41,43H2,1H3,(H,61,68). The third-order valence-electron chi connectivity index (χ3n) is 14.5. The molecule has 73 heavy (non-hydrogen) atoms. The number of hydrogen-bond acceptors (Lipinski definition) is 12. The second-order valence-electron chi connectivity index (χ2n) is 19.6. The minimum atomic E-state index is -1.56. The fourth-order valence-corrected chi connectivity index (χ4v) is 11.0. The van der Waals surface area contributed by atoms with Gasteiger partial charge in [0.2, 0.25) is 5.79 Å². The van der Waals surface area contributed by atoms with Crippen LogP contribution in [0.3, 0.4) is 0 Å². The molecule has 14 nitrogen and oxygen atoms in total. The Balaban J connectivity index is 1.44. The Morgan fingerprint density at radius 3 is 2.27 bits per heavy atom. The minimum Gasteiger partial charge on any atom is -0.459 e. The lowest BCUT2D eigenvalue weighted by molar-refractivity contribution is -0.254. The summed E-state index contributed by atoms with van der Waals surface area (Å²) in [5, 5.41) is 47.3. The lowest BCUT2D eigenvalue weighted by Gasteiger charge is -2.60. The van der Waals surface area contributed by atoms with Crippen LogP contribution in [-0.2, 0) is 20.9 Å². The summed E-state index contributed by atoms with van der Waals surface area (Å²) in [5.41, 5.74) is 3.98. The number of benzene rings is 3. The summed E-state index contributed by atoms with van der Waals surface area (Å²) in [6.45, 7) is 7.19. The molecular formula is C59H80N4O10. The van der Waals surface area contributed by atoms with Crippen LogP contribution in [0.25, 0.3) is 0 Å². The largest absolute Gasteiger partial charge is 0.459 e. The molecule has 396 valence electrons. The fourth-order valence-electron chi connectivity index (χ4n) is 11.0. The molecule has 6 unspecified atom stereocenters. The third-order valence-corrected chi connectivity index (χ3v) is 14.5. The molecule has 2 aliphatic carbocycles. The topological polar surface area (TPSA) is 192 Å². The SMILES string of the molecule is C=CCOC12Oc3ccc(OC(=O)NCCCCCCCCCCCC)cc3C3C(CCCCO)C(CCCCO)C=C(C(=NOCc4ccccc4)CC1N(CCOCCO)C(=O)c1ccc(C#N)cc1)C32. The van der Waals surface area contributed by atoms with Gasteiger partial charge in [-0.05, 0) is 97.5 Å². The van der Waals surface area contributed by atoms with E-state index >= 15 is 4.79 Å². The van der Waals surface area contributed by atoms with E-state index in [0.717, 1.165) is 61.6 Å². The number of aliphatic hydroxyl groups is 3. The van der Waals surface area contributed by atoms with E-state index in [0.29, 0.717) is 47.7 Å². The molecule has 1 heterocycles. The molecule has 3 aliphatic rings. The lowest BCUT2D eigenvalue weighted by atomic mass is 9.55. The summed E-state index contributed by atoms with van der Waals surface area (Å²) >= 11 is 0. The van der Waals surface area contributed by atoms with Gasteiger partial charge in [0.25, 0.3) is 5.91 Å². The van der Waals surface area contributed by atoms with Crippen molar-refractivity contribution in [2.24, 2.45) is 22.9 Å². The molecule has 3 aromatic rings. The van der Waals surface area contributed by atoms with Gasteiger partial charge in [-0.3, -0.25) is 4.79 Å². The molecule has 0 saturated heterocycles. The highest BCUT2D eigenvalue weighted by atomic mass is 16.7. The number of aliphatic hydroxyl groups excluding tert-OH is 3. The number of nitriles is 1. The first kappa shape index (κ1) is 56.7. The average molecular weight is 1010 g/mol. The number of oxime groups is 1. The molecule has 0 radical (unpaired) electrons. The maximum atomic E-state index is 15.2. The van der Waals surface area contributed by atoms with Crippen molar-refractivity contribution >= 4 is 17.7 Å². The van der Waals surface area contributed by atoms with Gasteiger partial charge in [0.1, 0.15) is 24.1 Å². The summed E-state index contributed by atoms with van der Waals surface area (Å²) in [6, 6.07) is 23.0. The monoisotopic (exact) mass is 1000 g/mol. The Kier molecular flexibility index (Phi) is 23.8. The van der Waals surface area contributed by atoms with Gasteiger partial charge in [0.05, 0.1) is 49.7 Å². The molecule has 3 aromatic carbocycles. The first-order valence-electron chi connectivity index (χ1n) is 27.0. The van der Waals surface area contributed by atoms with Crippen molar-refractivity contribution in [1.82, 2.24) is 10.2 Å². The van der Waals surface area contributed by atoms with Gasteiger partial charge in [-0.2, -0.15) is 5.26 Å². The Hall–Kier alpha value is -5.56. The predicted molar refractivity (Wildman–Crippen MR) is 282 cm³/mol. The van der Waals surface area contributed by atoms with Crippen LogP contribution in [0.1, 0.15) is 149 Å². The number of amides is 2. The van der Waals surface area contributed by atoms with E-state index in [1.807, 2.05) is 42.5 Å². The molecule has 6 atom stereocenters. The van der Waals surface area contributed by atoms with Gasteiger partial charge >= 0.3 is 6.09 Å². The van der Waals surface area contributed by atoms with Crippen molar-refractivity contribution in [2.45, 2.75) is 140 Å². The van der Waals surface area contributed by atoms with E-state index in [4.69, 9.17) is 28.9 Å². The molecule has 1 aliphatic heterocycles. The van der Waals surface area contributed by atoms with Crippen LogP contribution >= 0.6 is 0 Å².